The molecule has 0 aliphatic carbocycles. The Bertz CT molecular complexity index is 947. The van der Waals surface area contributed by atoms with Crippen LogP contribution >= 0.6 is 12.4 Å². The number of pyridine rings is 1. The SMILES string of the molecule is Cl.Oc1nc(-c2ccc(F)cc2)[nH]c1C=C1C=Nc2ncccc21. The van der Waals surface area contributed by atoms with Crippen LogP contribution in [-0.4, -0.2) is 26.3 Å². The van der Waals surface area contributed by atoms with E-state index >= 15 is 0 Å². The van der Waals surface area contributed by atoms with Gasteiger partial charge in [-0.2, -0.15) is 4.98 Å². The van der Waals surface area contributed by atoms with Crippen molar-refractivity contribution in [3.63, 3.8) is 0 Å². The van der Waals surface area contributed by atoms with Crippen LogP contribution in [0.5, 0.6) is 5.88 Å². The molecule has 0 fully saturated rings. The maximum absolute atomic E-state index is 13.0. The largest absolute Gasteiger partial charge is 0.492 e. The molecule has 0 unspecified atom stereocenters. The Hall–Kier alpha value is -2.99. The second-order valence-electron chi connectivity index (χ2n) is 5.06. The van der Waals surface area contributed by atoms with Crippen LogP contribution < -0.4 is 0 Å². The van der Waals surface area contributed by atoms with Crippen molar-refractivity contribution in [3.05, 3.63) is 59.7 Å². The normalized spacial score (nSPS) is 13.8. The molecule has 0 bridgehead atoms. The minimum Gasteiger partial charge on any atom is -0.492 e. The summed E-state index contributed by atoms with van der Waals surface area (Å²) in [6.45, 7) is 0. The average molecular weight is 343 g/mol. The fourth-order valence-electron chi connectivity index (χ4n) is 2.42. The number of aromatic amines is 1. The quantitative estimate of drug-likeness (QED) is 0.739. The Morgan fingerprint density at radius 2 is 1.92 bits per heavy atom. The van der Waals surface area contributed by atoms with Gasteiger partial charge in [-0.15, -0.1) is 12.4 Å². The number of nitrogens with one attached hydrogen (secondary N) is 1. The van der Waals surface area contributed by atoms with E-state index in [4.69, 9.17) is 0 Å². The van der Waals surface area contributed by atoms with Gasteiger partial charge in [0, 0.05) is 29.1 Å². The number of allylic oxidation sites excluding steroid dienone is 1. The number of aliphatic imine (C=N–C) groups is 1. The van der Waals surface area contributed by atoms with E-state index in [0.29, 0.717) is 22.9 Å². The second-order valence-corrected chi connectivity index (χ2v) is 5.06. The number of hydrogen-bond donors (Lipinski definition) is 2. The highest BCUT2D eigenvalue weighted by Crippen LogP contribution is 2.32. The number of benzene rings is 1. The van der Waals surface area contributed by atoms with Gasteiger partial charge in [0.25, 0.3) is 0 Å². The lowest BCUT2D eigenvalue weighted by molar-refractivity contribution is 0.455. The molecule has 4 rings (SSSR count). The van der Waals surface area contributed by atoms with E-state index in [9.17, 15) is 9.50 Å². The number of fused-ring (bicyclic) bond motifs is 1. The highest BCUT2D eigenvalue weighted by molar-refractivity contribution is 6.20. The third kappa shape index (κ3) is 2.79. The smallest absolute Gasteiger partial charge is 0.237 e. The first-order valence-corrected chi connectivity index (χ1v) is 6.97. The molecular weight excluding hydrogens is 331 g/mol. The fourth-order valence-corrected chi connectivity index (χ4v) is 2.42. The van der Waals surface area contributed by atoms with Crippen LogP contribution in [0.15, 0.2) is 47.6 Å². The van der Waals surface area contributed by atoms with Gasteiger partial charge in [0.2, 0.25) is 5.88 Å². The summed E-state index contributed by atoms with van der Waals surface area (Å²) in [5, 5.41) is 10.0. The predicted octanol–water partition coefficient (Wildman–Crippen LogP) is 3.99. The number of H-pyrrole nitrogens is 1. The van der Waals surface area contributed by atoms with Gasteiger partial charge in [-0.1, -0.05) is 0 Å². The van der Waals surface area contributed by atoms with Crippen LogP contribution in [0.25, 0.3) is 23.0 Å². The maximum Gasteiger partial charge on any atom is 0.237 e. The minimum atomic E-state index is -0.321. The van der Waals surface area contributed by atoms with E-state index in [0.717, 1.165) is 11.1 Å². The Morgan fingerprint density at radius 3 is 2.71 bits per heavy atom. The molecule has 24 heavy (non-hydrogen) atoms. The molecular formula is C17H12ClFN4O. The second kappa shape index (κ2) is 6.25. The predicted molar refractivity (Wildman–Crippen MR) is 93.2 cm³/mol. The van der Waals surface area contributed by atoms with E-state index in [-0.39, 0.29) is 24.1 Å². The van der Waals surface area contributed by atoms with Crippen LogP contribution in [0, 0.1) is 5.82 Å². The molecule has 0 atom stereocenters. The van der Waals surface area contributed by atoms with Crippen molar-refractivity contribution in [1.29, 1.82) is 0 Å². The lowest BCUT2D eigenvalue weighted by Crippen LogP contribution is -1.83. The highest BCUT2D eigenvalue weighted by Gasteiger charge is 2.15. The topological polar surface area (TPSA) is 74.2 Å². The van der Waals surface area contributed by atoms with E-state index in [1.54, 1.807) is 30.6 Å². The number of imidazole rings is 1. The average Bonchev–Trinajstić information content (AvgIpc) is 3.13. The fraction of sp³-hybridized carbons (Fsp3) is 0. The summed E-state index contributed by atoms with van der Waals surface area (Å²) in [5.74, 6) is 0.674. The molecule has 0 radical (unpaired) electrons. The number of aromatic nitrogens is 3. The molecule has 0 saturated carbocycles. The maximum atomic E-state index is 13.0. The van der Waals surface area contributed by atoms with Gasteiger partial charge >= 0.3 is 0 Å². The van der Waals surface area contributed by atoms with Crippen LogP contribution in [0.1, 0.15) is 11.3 Å². The van der Waals surface area contributed by atoms with Crippen molar-refractivity contribution in [1.82, 2.24) is 15.0 Å². The first-order valence-electron chi connectivity index (χ1n) is 6.97. The molecule has 5 nitrogen and oxygen atoms in total. The summed E-state index contributed by atoms with van der Waals surface area (Å²) in [6.07, 6.45) is 5.13. The van der Waals surface area contributed by atoms with E-state index < -0.39 is 0 Å². The van der Waals surface area contributed by atoms with Gasteiger partial charge in [-0.3, -0.25) is 0 Å². The minimum absolute atomic E-state index is 0. The Labute approximate surface area is 143 Å². The molecule has 0 amide bonds. The van der Waals surface area contributed by atoms with Crippen molar-refractivity contribution >= 4 is 36.1 Å². The summed E-state index contributed by atoms with van der Waals surface area (Å²) in [7, 11) is 0. The summed E-state index contributed by atoms with van der Waals surface area (Å²) in [4.78, 5) is 15.5. The zero-order valence-electron chi connectivity index (χ0n) is 12.3. The van der Waals surface area contributed by atoms with Crippen LogP contribution in [0.4, 0.5) is 10.2 Å². The molecule has 120 valence electrons. The summed E-state index contributed by atoms with van der Waals surface area (Å²) in [6, 6.07) is 9.63. The molecule has 0 spiro atoms. The molecule has 1 aromatic carbocycles. The zero-order valence-corrected chi connectivity index (χ0v) is 13.1. The highest BCUT2D eigenvalue weighted by atomic mass is 35.5. The lowest BCUT2D eigenvalue weighted by atomic mass is 10.1. The molecule has 3 heterocycles. The number of nitrogens with zero attached hydrogens (tertiary/aromatic N) is 3. The number of halogens is 2. The number of hydrogen-bond acceptors (Lipinski definition) is 4. The van der Waals surface area contributed by atoms with Gasteiger partial charge in [-0.05, 0) is 42.5 Å². The molecule has 2 N–H and O–H groups in total. The van der Waals surface area contributed by atoms with E-state index in [2.05, 4.69) is 19.9 Å². The standard InChI is InChI=1S/C17H11FN4O.ClH/c18-12-5-3-10(4-6-12)15-21-14(17(23)22-15)8-11-9-20-16-13(11)2-1-7-19-16;/h1-9,23H,(H,21,22);1H. The van der Waals surface area contributed by atoms with Gasteiger partial charge in [0.15, 0.2) is 5.82 Å². The monoisotopic (exact) mass is 342 g/mol. The van der Waals surface area contributed by atoms with Crippen LogP contribution in [0.2, 0.25) is 0 Å². The van der Waals surface area contributed by atoms with Crippen molar-refractivity contribution in [2.45, 2.75) is 0 Å². The van der Waals surface area contributed by atoms with Crippen molar-refractivity contribution < 1.29 is 9.50 Å². The van der Waals surface area contributed by atoms with Gasteiger partial charge in [0.1, 0.15) is 17.3 Å². The Morgan fingerprint density at radius 1 is 1.12 bits per heavy atom. The Kier molecular flexibility index (Phi) is 4.14. The molecule has 1 aliphatic rings. The number of rotatable bonds is 2. The first kappa shape index (κ1) is 15.9. The summed E-state index contributed by atoms with van der Waals surface area (Å²) < 4.78 is 13.0. The first-order chi connectivity index (χ1) is 11.2. The molecule has 7 heteroatoms. The van der Waals surface area contributed by atoms with Gasteiger partial charge < -0.3 is 10.1 Å². The molecule has 3 aromatic rings. The number of aromatic hydroxyl groups is 1. The lowest BCUT2D eigenvalue weighted by Gasteiger charge is -1.97. The van der Waals surface area contributed by atoms with Crippen LogP contribution in [-0.2, 0) is 0 Å². The van der Waals surface area contributed by atoms with Gasteiger partial charge in [0.05, 0.1) is 0 Å². The van der Waals surface area contributed by atoms with Crippen molar-refractivity contribution in [2.75, 3.05) is 0 Å². The van der Waals surface area contributed by atoms with Gasteiger partial charge in [-0.25, -0.2) is 14.4 Å². The van der Waals surface area contributed by atoms with Crippen molar-refractivity contribution in [2.24, 2.45) is 4.99 Å². The molecule has 0 saturated heterocycles. The third-order valence-electron chi connectivity index (χ3n) is 3.55. The molecule has 1 aliphatic heterocycles. The zero-order chi connectivity index (χ0) is 15.8. The summed E-state index contributed by atoms with van der Waals surface area (Å²) in [5.41, 5.74) is 2.87. The third-order valence-corrected chi connectivity index (χ3v) is 3.55. The molecule has 2 aromatic heterocycles. The van der Waals surface area contributed by atoms with E-state index in [1.807, 2.05) is 12.1 Å². The Balaban J connectivity index is 0.00000169. The van der Waals surface area contributed by atoms with E-state index in [1.165, 1.54) is 12.1 Å². The van der Waals surface area contributed by atoms with Crippen molar-refractivity contribution in [3.8, 4) is 17.3 Å². The van der Waals surface area contributed by atoms with Crippen LogP contribution in [0.3, 0.4) is 0 Å². The summed E-state index contributed by atoms with van der Waals surface area (Å²) >= 11 is 0.